The molecule has 0 bridgehead atoms. The lowest BCUT2D eigenvalue weighted by Gasteiger charge is -2.34. The molecule has 0 radical (unpaired) electrons. The molecule has 0 spiro atoms. The summed E-state index contributed by atoms with van der Waals surface area (Å²) in [5.41, 5.74) is -0.234. The summed E-state index contributed by atoms with van der Waals surface area (Å²) in [7, 11) is -1.63. The molecule has 7 heteroatoms. The quantitative estimate of drug-likeness (QED) is 0.779. The van der Waals surface area contributed by atoms with Crippen molar-refractivity contribution in [1.29, 1.82) is 0 Å². The van der Waals surface area contributed by atoms with Crippen LogP contribution in [0.4, 0.5) is 4.79 Å². The van der Waals surface area contributed by atoms with Crippen molar-refractivity contribution in [3.05, 3.63) is 0 Å². The fourth-order valence-corrected chi connectivity index (χ4v) is 3.58. The van der Waals surface area contributed by atoms with Gasteiger partial charge in [-0.1, -0.05) is 20.8 Å². The third-order valence-corrected chi connectivity index (χ3v) is 5.92. The normalized spacial score (nSPS) is 17.9. The lowest BCUT2D eigenvalue weighted by molar-refractivity contribution is 0.205. The van der Waals surface area contributed by atoms with Gasteiger partial charge in [0.05, 0.1) is 5.25 Å². The minimum atomic E-state index is -3.22. The van der Waals surface area contributed by atoms with Crippen LogP contribution in [0, 0.1) is 5.41 Å². The molecule has 2 N–H and O–H groups in total. The average Bonchev–Trinajstić information content (AvgIpc) is 3.08. The summed E-state index contributed by atoms with van der Waals surface area (Å²) in [6, 6.07) is -0.476. The Balaban J connectivity index is 2.72. The van der Waals surface area contributed by atoms with Gasteiger partial charge in [0, 0.05) is 25.7 Å². The molecule has 1 aliphatic carbocycles. The maximum absolute atomic E-state index is 12.2. The third-order valence-electron chi connectivity index (χ3n) is 3.59. The van der Waals surface area contributed by atoms with Gasteiger partial charge in [0.2, 0.25) is 10.0 Å². The van der Waals surface area contributed by atoms with E-state index in [1.54, 1.807) is 7.05 Å². The molecule has 1 unspecified atom stereocenters. The Hall–Kier alpha value is -0.820. The molecule has 6 nitrogen and oxygen atoms in total. The van der Waals surface area contributed by atoms with E-state index in [9.17, 15) is 13.2 Å². The van der Waals surface area contributed by atoms with E-state index in [0.717, 1.165) is 12.8 Å². The van der Waals surface area contributed by atoms with Crippen LogP contribution in [0.15, 0.2) is 0 Å². The second-order valence-electron chi connectivity index (χ2n) is 7.22. The number of rotatable bonds is 6. The van der Waals surface area contributed by atoms with Gasteiger partial charge in [-0.2, -0.15) is 0 Å². The summed E-state index contributed by atoms with van der Waals surface area (Å²) in [5.74, 6) is 0. The maximum Gasteiger partial charge on any atom is 0.315 e. The van der Waals surface area contributed by atoms with Crippen LogP contribution in [0.25, 0.3) is 0 Å². The number of sulfonamides is 1. The Morgan fingerprint density at radius 2 is 1.76 bits per heavy atom. The van der Waals surface area contributed by atoms with E-state index in [0.29, 0.717) is 0 Å². The van der Waals surface area contributed by atoms with Crippen LogP contribution in [-0.2, 0) is 10.0 Å². The number of amides is 2. The highest BCUT2D eigenvalue weighted by molar-refractivity contribution is 7.90. The Bertz CT molecular complexity index is 464. The molecule has 2 amide bonds. The third kappa shape index (κ3) is 5.47. The first kappa shape index (κ1) is 18.2. The molecule has 0 heterocycles. The summed E-state index contributed by atoms with van der Waals surface area (Å²) in [6.07, 6.45) is 1.49. The highest BCUT2D eigenvalue weighted by atomic mass is 32.2. The molecule has 21 heavy (non-hydrogen) atoms. The van der Waals surface area contributed by atoms with E-state index < -0.39 is 10.0 Å². The zero-order valence-corrected chi connectivity index (χ0v) is 14.8. The van der Waals surface area contributed by atoms with Crippen molar-refractivity contribution in [1.82, 2.24) is 14.9 Å². The standard InChI is InChI=1S/C14H29N3O3S/c1-10(2)15-13(18)16-12(14(3,4)5)9-17(6)21(19,20)11-7-8-11/h10-12H,7-9H2,1-6H3,(H2,15,16,18). The van der Waals surface area contributed by atoms with Gasteiger partial charge in [0.1, 0.15) is 0 Å². The van der Waals surface area contributed by atoms with E-state index in [1.807, 2.05) is 34.6 Å². The van der Waals surface area contributed by atoms with Crippen molar-refractivity contribution in [2.24, 2.45) is 5.41 Å². The van der Waals surface area contributed by atoms with E-state index in [4.69, 9.17) is 0 Å². The fraction of sp³-hybridized carbons (Fsp3) is 0.929. The van der Waals surface area contributed by atoms with Crippen LogP contribution in [-0.4, -0.2) is 49.7 Å². The first-order valence-electron chi connectivity index (χ1n) is 7.46. The van der Waals surface area contributed by atoms with E-state index in [2.05, 4.69) is 10.6 Å². The van der Waals surface area contributed by atoms with Gasteiger partial charge in [-0.25, -0.2) is 17.5 Å². The second kappa shape index (κ2) is 6.52. The zero-order chi connectivity index (χ0) is 16.4. The Kier molecular flexibility index (Phi) is 5.66. The molecule has 0 aromatic heterocycles. The minimum Gasteiger partial charge on any atom is -0.336 e. The van der Waals surface area contributed by atoms with E-state index >= 15 is 0 Å². The van der Waals surface area contributed by atoms with Crippen molar-refractivity contribution >= 4 is 16.1 Å². The fourth-order valence-electron chi connectivity index (χ4n) is 1.98. The van der Waals surface area contributed by atoms with Crippen molar-refractivity contribution in [2.75, 3.05) is 13.6 Å². The SMILES string of the molecule is CC(C)NC(=O)NC(CN(C)S(=O)(=O)C1CC1)C(C)(C)C. The van der Waals surface area contributed by atoms with E-state index in [-0.39, 0.29) is 35.3 Å². The predicted octanol–water partition coefficient (Wildman–Crippen LogP) is 1.53. The molecule has 0 aliphatic heterocycles. The molecule has 124 valence electrons. The molecule has 1 saturated carbocycles. The number of carbonyl (C=O) groups is 1. The largest absolute Gasteiger partial charge is 0.336 e. The van der Waals surface area contributed by atoms with Crippen LogP contribution < -0.4 is 10.6 Å². The molecule has 0 aromatic carbocycles. The first-order valence-corrected chi connectivity index (χ1v) is 8.97. The summed E-state index contributed by atoms with van der Waals surface area (Å²) in [6.45, 7) is 10.0. The molecular formula is C14H29N3O3S. The van der Waals surface area contributed by atoms with Gasteiger partial charge in [0.15, 0.2) is 0 Å². The van der Waals surface area contributed by atoms with Gasteiger partial charge in [-0.05, 0) is 32.1 Å². The number of likely N-dealkylation sites (N-methyl/N-ethyl adjacent to an activating group) is 1. The lowest BCUT2D eigenvalue weighted by Crippen LogP contribution is -2.54. The van der Waals surface area contributed by atoms with Crippen LogP contribution >= 0.6 is 0 Å². The molecular weight excluding hydrogens is 290 g/mol. The lowest BCUT2D eigenvalue weighted by atomic mass is 9.87. The van der Waals surface area contributed by atoms with Gasteiger partial charge in [0.25, 0.3) is 0 Å². The zero-order valence-electron chi connectivity index (χ0n) is 13.9. The van der Waals surface area contributed by atoms with E-state index in [1.165, 1.54) is 4.31 Å². The molecule has 1 atom stereocenters. The molecule has 1 fully saturated rings. The Morgan fingerprint density at radius 3 is 2.14 bits per heavy atom. The molecule has 0 saturated heterocycles. The number of hydrogen-bond donors (Lipinski definition) is 2. The number of urea groups is 1. The number of hydrogen-bond acceptors (Lipinski definition) is 3. The summed E-state index contributed by atoms with van der Waals surface area (Å²) in [5, 5.41) is 5.44. The Labute approximate surface area is 128 Å². The Morgan fingerprint density at radius 1 is 1.24 bits per heavy atom. The maximum atomic E-state index is 12.2. The summed E-state index contributed by atoms with van der Waals surface area (Å²) in [4.78, 5) is 11.9. The van der Waals surface area contributed by atoms with Crippen LogP contribution in [0.5, 0.6) is 0 Å². The number of carbonyl (C=O) groups excluding carboxylic acids is 1. The van der Waals surface area contributed by atoms with Crippen molar-refractivity contribution in [3.63, 3.8) is 0 Å². The topological polar surface area (TPSA) is 78.5 Å². The van der Waals surface area contributed by atoms with Crippen molar-refractivity contribution in [3.8, 4) is 0 Å². The van der Waals surface area contributed by atoms with Crippen LogP contribution in [0.3, 0.4) is 0 Å². The van der Waals surface area contributed by atoms with Crippen molar-refractivity contribution < 1.29 is 13.2 Å². The van der Waals surface area contributed by atoms with Gasteiger partial charge in [-0.3, -0.25) is 0 Å². The predicted molar refractivity (Wildman–Crippen MR) is 84.6 cm³/mol. The van der Waals surface area contributed by atoms with Crippen LogP contribution in [0.1, 0.15) is 47.5 Å². The van der Waals surface area contributed by atoms with Gasteiger partial charge >= 0.3 is 6.03 Å². The summed E-state index contributed by atoms with van der Waals surface area (Å²) < 4.78 is 25.8. The minimum absolute atomic E-state index is 0.0403. The number of nitrogens with zero attached hydrogens (tertiary/aromatic N) is 1. The monoisotopic (exact) mass is 319 g/mol. The second-order valence-corrected chi connectivity index (χ2v) is 9.54. The molecule has 0 aromatic rings. The van der Waals surface area contributed by atoms with Crippen molar-refractivity contribution in [2.45, 2.75) is 64.8 Å². The van der Waals surface area contributed by atoms with Crippen LogP contribution in [0.2, 0.25) is 0 Å². The average molecular weight is 319 g/mol. The number of nitrogens with one attached hydrogen (secondary N) is 2. The molecule has 1 aliphatic rings. The van der Waals surface area contributed by atoms with Gasteiger partial charge in [-0.15, -0.1) is 0 Å². The highest BCUT2D eigenvalue weighted by Crippen LogP contribution is 2.31. The molecule has 1 rings (SSSR count). The smallest absolute Gasteiger partial charge is 0.315 e. The highest BCUT2D eigenvalue weighted by Gasteiger charge is 2.40. The summed E-state index contributed by atoms with van der Waals surface area (Å²) >= 11 is 0. The first-order chi connectivity index (χ1) is 9.44. The van der Waals surface area contributed by atoms with Gasteiger partial charge < -0.3 is 10.6 Å².